The third-order valence-electron chi connectivity index (χ3n) is 4.86. The lowest BCUT2D eigenvalue weighted by Gasteiger charge is -2.21. The second kappa shape index (κ2) is 6.61. The molecule has 2 fully saturated rings. The number of amides is 2. The topological polar surface area (TPSA) is 66.6 Å². The van der Waals surface area contributed by atoms with E-state index < -0.39 is 0 Å². The first kappa shape index (κ1) is 16.5. The molecule has 1 aromatic carbocycles. The molecule has 2 N–H and O–H groups in total. The Morgan fingerprint density at radius 1 is 1.39 bits per heavy atom. The van der Waals surface area contributed by atoms with Gasteiger partial charge in [-0.2, -0.15) is 0 Å². The number of hydrogen-bond acceptors (Lipinski definition) is 3. The van der Waals surface area contributed by atoms with Gasteiger partial charge in [-0.25, -0.2) is 0 Å². The van der Waals surface area contributed by atoms with E-state index in [0.717, 1.165) is 35.2 Å². The van der Waals surface area contributed by atoms with E-state index in [9.17, 15) is 9.59 Å². The van der Waals surface area contributed by atoms with Crippen molar-refractivity contribution in [2.24, 2.45) is 17.6 Å². The number of benzene rings is 1. The molecule has 0 unspecified atom stereocenters. The zero-order valence-corrected chi connectivity index (χ0v) is 14.9. The van der Waals surface area contributed by atoms with Crippen molar-refractivity contribution in [2.45, 2.75) is 19.8 Å². The fourth-order valence-electron chi connectivity index (χ4n) is 3.40. The molecule has 3 rings (SSSR count). The average molecular weight is 380 g/mol. The number of carbonyl (C=O) groups excluding carboxylic acids is 2. The SMILES string of the molecule is Cc1cc(N2C[C@@H](C(=O)N3CC[C@@H](CN)C3)CC2=O)ccc1Br. The predicted molar refractivity (Wildman–Crippen MR) is 93.1 cm³/mol. The van der Waals surface area contributed by atoms with E-state index in [2.05, 4.69) is 15.9 Å². The van der Waals surface area contributed by atoms with E-state index in [4.69, 9.17) is 5.73 Å². The Bertz CT molecular complexity index is 634. The van der Waals surface area contributed by atoms with Crippen molar-refractivity contribution in [2.75, 3.05) is 31.1 Å². The number of anilines is 1. The van der Waals surface area contributed by atoms with Gasteiger partial charge >= 0.3 is 0 Å². The van der Waals surface area contributed by atoms with Gasteiger partial charge in [0.1, 0.15) is 0 Å². The Morgan fingerprint density at radius 2 is 2.17 bits per heavy atom. The molecule has 2 heterocycles. The lowest BCUT2D eigenvalue weighted by Crippen LogP contribution is -2.36. The molecule has 2 aliphatic rings. The van der Waals surface area contributed by atoms with E-state index in [1.54, 1.807) is 4.90 Å². The van der Waals surface area contributed by atoms with E-state index in [-0.39, 0.29) is 17.7 Å². The van der Waals surface area contributed by atoms with Crippen LogP contribution in [0.5, 0.6) is 0 Å². The molecule has 0 spiro atoms. The molecule has 0 saturated carbocycles. The zero-order valence-electron chi connectivity index (χ0n) is 13.3. The minimum atomic E-state index is -0.233. The van der Waals surface area contributed by atoms with E-state index in [1.807, 2.05) is 30.0 Å². The molecule has 2 atom stereocenters. The Morgan fingerprint density at radius 3 is 2.83 bits per heavy atom. The molecule has 1 aromatic rings. The molecule has 0 bridgehead atoms. The number of carbonyl (C=O) groups is 2. The van der Waals surface area contributed by atoms with Crippen molar-refractivity contribution in [3.8, 4) is 0 Å². The maximum Gasteiger partial charge on any atom is 0.228 e. The van der Waals surface area contributed by atoms with Crippen LogP contribution in [0.4, 0.5) is 5.69 Å². The number of halogens is 1. The van der Waals surface area contributed by atoms with Crippen molar-refractivity contribution in [3.05, 3.63) is 28.2 Å². The van der Waals surface area contributed by atoms with Crippen LogP contribution in [0, 0.1) is 18.8 Å². The quantitative estimate of drug-likeness (QED) is 0.871. The van der Waals surface area contributed by atoms with Crippen LogP contribution in [0.2, 0.25) is 0 Å². The first-order valence-electron chi connectivity index (χ1n) is 8.05. The van der Waals surface area contributed by atoms with Crippen molar-refractivity contribution in [1.82, 2.24) is 4.90 Å². The molecular formula is C17H22BrN3O2. The minimum Gasteiger partial charge on any atom is -0.342 e. The summed E-state index contributed by atoms with van der Waals surface area (Å²) in [6, 6.07) is 5.84. The van der Waals surface area contributed by atoms with Crippen LogP contribution in [0.15, 0.2) is 22.7 Å². The van der Waals surface area contributed by atoms with Gasteiger partial charge in [-0.3, -0.25) is 9.59 Å². The Balaban J connectivity index is 1.69. The van der Waals surface area contributed by atoms with Gasteiger partial charge in [-0.15, -0.1) is 0 Å². The summed E-state index contributed by atoms with van der Waals surface area (Å²) in [5, 5.41) is 0. The fourth-order valence-corrected chi connectivity index (χ4v) is 3.65. The molecule has 5 nitrogen and oxygen atoms in total. The minimum absolute atomic E-state index is 0.0274. The van der Waals surface area contributed by atoms with Gasteiger partial charge in [0.2, 0.25) is 11.8 Å². The summed E-state index contributed by atoms with van der Waals surface area (Å²) < 4.78 is 1.02. The van der Waals surface area contributed by atoms with Crippen molar-refractivity contribution in [3.63, 3.8) is 0 Å². The highest BCUT2D eigenvalue weighted by molar-refractivity contribution is 9.10. The smallest absolute Gasteiger partial charge is 0.228 e. The standard InChI is InChI=1S/C17H22BrN3O2/c1-11-6-14(2-3-15(11)18)21-10-13(7-16(21)22)17(23)20-5-4-12(8-19)9-20/h2-3,6,12-13H,4-5,7-10,19H2,1H3/t12-,13-/m0/s1. The molecule has 0 aromatic heterocycles. The summed E-state index contributed by atoms with van der Waals surface area (Å²) >= 11 is 3.47. The van der Waals surface area contributed by atoms with Crippen molar-refractivity contribution < 1.29 is 9.59 Å². The Kier molecular flexibility index (Phi) is 4.73. The maximum absolute atomic E-state index is 12.7. The van der Waals surface area contributed by atoms with E-state index >= 15 is 0 Å². The first-order chi connectivity index (χ1) is 11.0. The summed E-state index contributed by atoms with van der Waals surface area (Å²) in [5.41, 5.74) is 7.64. The zero-order chi connectivity index (χ0) is 16.6. The lowest BCUT2D eigenvalue weighted by atomic mass is 10.1. The van der Waals surface area contributed by atoms with E-state index in [0.29, 0.717) is 25.4 Å². The maximum atomic E-state index is 12.7. The first-order valence-corrected chi connectivity index (χ1v) is 8.84. The number of nitrogens with two attached hydrogens (primary N) is 1. The lowest BCUT2D eigenvalue weighted by molar-refractivity contribution is -0.134. The number of aryl methyl sites for hydroxylation is 1. The van der Waals surface area contributed by atoms with Crippen molar-refractivity contribution in [1.29, 1.82) is 0 Å². The van der Waals surface area contributed by atoms with Crippen LogP contribution < -0.4 is 10.6 Å². The van der Waals surface area contributed by atoms with Gasteiger partial charge in [0.25, 0.3) is 0 Å². The van der Waals surface area contributed by atoms with Crippen LogP contribution in [-0.4, -0.2) is 42.9 Å². The van der Waals surface area contributed by atoms with Gasteiger partial charge in [-0.05, 0) is 49.6 Å². The highest BCUT2D eigenvalue weighted by atomic mass is 79.9. The molecule has 0 radical (unpaired) electrons. The van der Waals surface area contributed by atoms with Crippen LogP contribution in [0.25, 0.3) is 0 Å². The number of rotatable bonds is 3. The molecule has 124 valence electrons. The number of likely N-dealkylation sites (tertiary alicyclic amines) is 1. The molecule has 2 aliphatic heterocycles. The monoisotopic (exact) mass is 379 g/mol. The van der Waals surface area contributed by atoms with Crippen LogP contribution in [-0.2, 0) is 9.59 Å². The largest absolute Gasteiger partial charge is 0.342 e. The highest BCUT2D eigenvalue weighted by Crippen LogP contribution is 2.30. The van der Waals surface area contributed by atoms with Crippen LogP contribution >= 0.6 is 15.9 Å². The molecule has 2 saturated heterocycles. The summed E-state index contributed by atoms with van der Waals surface area (Å²) in [4.78, 5) is 28.6. The third kappa shape index (κ3) is 3.28. The number of nitrogens with zero attached hydrogens (tertiary/aromatic N) is 2. The van der Waals surface area contributed by atoms with E-state index in [1.165, 1.54) is 0 Å². The summed E-state index contributed by atoms with van der Waals surface area (Å²) in [5.74, 6) is 0.300. The fraction of sp³-hybridized carbons (Fsp3) is 0.529. The van der Waals surface area contributed by atoms with Crippen LogP contribution in [0.1, 0.15) is 18.4 Å². The average Bonchev–Trinajstić information content (AvgIpc) is 3.16. The predicted octanol–water partition coefficient (Wildman–Crippen LogP) is 1.92. The molecule has 0 aliphatic carbocycles. The summed E-state index contributed by atoms with van der Waals surface area (Å²) in [7, 11) is 0. The van der Waals surface area contributed by atoms with Crippen LogP contribution in [0.3, 0.4) is 0 Å². The highest BCUT2D eigenvalue weighted by Gasteiger charge is 2.38. The second-order valence-electron chi connectivity index (χ2n) is 6.51. The van der Waals surface area contributed by atoms with Gasteiger partial charge in [0.05, 0.1) is 5.92 Å². The summed E-state index contributed by atoms with van der Waals surface area (Å²) in [6.45, 7) is 4.59. The molecule has 2 amide bonds. The van der Waals surface area contributed by atoms with Gasteiger partial charge in [-0.1, -0.05) is 15.9 Å². The number of hydrogen-bond donors (Lipinski definition) is 1. The van der Waals surface area contributed by atoms with Gasteiger partial charge < -0.3 is 15.5 Å². The molecule has 23 heavy (non-hydrogen) atoms. The normalized spacial score (nSPS) is 24.6. The van der Waals surface area contributed by atoms with Gasteiger partial charge in [0, 0.05) is 36.2 Å². The Hall–Kier alpha value is -1.40. The molecular weight excluding hydrogens is 358 g/mol. The Labute approximate surface area is 144 Å². The second-order valence-corrected chi connectivity index (χ2v) is 7.37. The van der Waals surface area contributed by atoms with Crippen molar-refractivity contribution >= 4 is 33.4 Å². The summed E-state index contributed by atoms with van der Waals surface area (Å²) in [6.07, 6.45) is 1.27. The van der Waals surface area contributed by atoms with Gasteiger partial charge in [0.15, 0.2) is 0 Å². The third-order valence-corrected chi connectivity index (χ3v) is 5.75. The molecule has 6 heteroatoms.